The standard InChI is InChI=1S/C21H20N6O/c1-2-21-9-6-12-27(21)19-15(25-20(21)28)13-24-18(26-19)17-16(22-10-11-23-17)14-7-4-3-5-8-14/h3-5,7-8,10-11,13H,2,6,9,12H2,1H3,(H,25,28)/t21-/m0/s1. The van der Waals surface area contributed by atoms with Gasteiger partial charge in [0, 0.05) is 24.5 Å². The predicted octanol–water partition coefficient (Wildman–Crippen LogP) is 3.30. The maximum Gasteiger partial charge on any atom is 0.250 e. The van der Waals surface area contributed by atoms with E-state index in [9.17, 15) is 4.79 Å². The third kappa shape index (κ3) is 2.39. The summed E-state index contributed by atoms with van der Waals surface area (Å²) in [6, 6.07) is 9.90. The van der Waals surface area contributed by atoms with Crippen LogP contribution in [0.15, 0.2) is 48.9 Å². The lowest BCUT2D eigenvalue weighted by Crippen LogP contribution is -2.56. The number of rotatable bonds is 3. The third-order valence-electron chi connectivity index (χ3n) is 5.73. The minimum absolute atomic E-state index is 0.0424. The Bertz CT molecular complexity index is 1050. The fraction of sp³-hybridized carbons (Fsp3) is 0.286. The lowest BCUT2D eigenvalue weighted by molar-refractivity contribution is -0.121. The smallest absolute Gasteiger partial charge is 0.250 e. The molecule has 5 rings (SSSR count). The minimum atomic E-state index is -0.511. The van der Waals surface area contributed by atoms with Crippen LogP contribution in [-0.2, 0) is 4.79 Å². The van der Waals surface area contributed by atoms with Gasteiger partial charge in [-0.15, -0.1) is 0 Å². The van der Waals surface area contributed by atoms with E-state index in [0.29, 0.717) is 17.2 Å². The van der Waals surface area contributed by atoms with Crippen molar-refractivity contribution in [3.05, 3.63) is 48.9 Å². The first kappa shape index (κ1) is 16.8. The van der Waals surface area contributed by atoms with Crippen molar-refractivity contribution in [3.8, 4) is 22.8 Å². The first-order valence-electron chi connectivity index (χ1n) is 9.56. The molecule has 0 aliphatic carbocycles. The molecule has 1 atom stereocenters. The normalized spacial score (nSPS) is 20.5. The van der Waals surface area contributed by atoms with E-state index in [0.717, 1.165) is 42.9 Å². The maximum absolute atomic E-state index is 12.8. The number of carbonyl (C=O) groups is 1. The molecule has 0 radical (unpaired) electrons. The van der Waals surface area contributed by atoms with Gasteiger partial charge in [0.15, 0.2) is 11.6 Å². The van der Waals surface area contributed by atoms with Crippen LogP contribution < -0.4 is 10.2 Å². The van der Waals surface area contributed by atoms with Crippen LogP contribution in [0.4, 0.5) is 11.5 Å². The molecule has 140 valence electrons. The monoisotopic (exact) mass is 372 g/mol. The van der Waals surface area contributed by atoms with Crippen molar-refractivity contribution >= 4 is 17.4 Å². The Morgan fingerprint density at radius 2 is 1.89 bits per heavy atom. The first-order chi connectivity index (χ1) is 13.7. The number of benzene rings is 1. The van der Waals surface area contributed by atoms with Gasteiger partial charge in [-0.3, -0.25) is 9.78 Å². The summed E-state index contributed by atoms with van der Waals surface area (Å²) in [7, 11) is 0. The highest BCUT2D eigenvalue weighted by molar-refractivity contribution is 6.06. The highest BCUT2D eigenvalue weighted by Crippen LogP contribution is 2.44. The molecular formula is C21H20N6O. The number of nitrogens with one attached hydrogen (secondary N) is 1. The number of anilines is 2. The average molecular weight is 372 g/mol. The molecule has 1 aromatic carbocycles. The van der Waals surface area contributed by atoms with Gasteiger partial charge in [0.25, 0.3) is 0 Å². The van der Waals surface area contributed by atoms with E-state index in [-0.39, 0.29) is 5.91 Å². The first-order valence-corrected chi connectivity index (χ1v) is 9.56. The topological polar surface area (TPSA) is 83.9 Å². The van der Waals surface area contributed by atoms with Gasteiger partial charge in [-0.2, -0.15) is 0 Å². The van der Waals surface area contributed by atoms with E-state index in [2.05, 4.69) is 32.1 Å². The van der Waals surface area contributed by atoms with Gasteiger partial charge >= 0.3 is 0 Å². The summed E-state index contributed by atoms with van der Waals surface area (Å²) in [5.41, 5.74) is 2.48. The van der Waals surface area contributed by atoms with E-state index >= 15 is 0 Å². The molecule has 0 spiro atoms. The molecule has 1 N–H and O–H groups in total. The molecular weight excluding hydrogens is 352 g/mol. The second-order valence-electron chi connectivity index (χ2n) is 7.14. The summed E-state index contributed by atoms with van der Waals surface area (Å²) in [6.07, 6.45) is 7.56. The summed E-state index contributed by atoms with van der Waals surface area (Å²) >= 11 is 0. The van der Waals surface area contributed by atoms with E-state index in [1.54, 1.807) is 18.6 Å². The number of carbonyl (C=O) groups excluding carboxylic acids is 1. The van der Waals surface area contributed by atoms with Crippen molar-refractivity contribution in [1.82, 2.24) is 19.9 Å². The summed E-state index contributed by atoms with van der Waals surface area (Å²) in [5, 5.41) is 3.01. The predicted molar refractivity (Wildman–Crippen MR) is 107 cm³/mol. The molecule has 1 saturated heterocycles. The van der Waals surface area contributed by atoms with Crippen molar-refractivity contribution in [1.29, 1.82) is 0 Å². The van der Waals surface area contributed by atoms with Crippen molar-refractivity contribution < 1.29 is 4.79 Å². The Balaban J connectivity index is 1.64. The summed E-state index contributed by atoms with van der Waals surface area (Å²) < 4.78 is 0. The van der Waals surface area contributed by atoms with Crippen molar-refractivity contribution in [2.75, 3.05) is 16.8 Å². The molecule has 1 amide bonds. The zero-order valence-electron chi connectivity index (χ0n) is 15.6. The van der Waals surface area contributed by atoms with Crippen molar-refractivity contribution in [2.45, 2.75) is 31.7 Å². The molecule has 3 aromatic rings. The summed E-state index contributed by atoms with van der Waals surface area (Å²) in [4.78, 5) is 33.3. The maximum atomic E-state index is 12.8. The zero-order chi connectivity index (χ0) is 19.1. The summed E-state index contributed by atoms with van der Waals surface area (Å²) in [5.74, 6) is 1.33. The van der Waals surface area contributed by atoms with Gasteiger partial charge < -0.3 is 10.2 Å². The van der Waals surface area contributed by atoms with Gasteiger partial charge in [0.2, 0.25) is 5.91 Å². The Morgan fingerprint density at radius 3 is 2.68 bits per heavy atom. The van der Waals surface area contributed by atoms with Gasteiger partial charge in [0.1, 0.15) is 16.9 Å². The Labute approximate surface area is 162 Å². The van der Waals surface area contributed by atoms with Crippen molar-refractivity contribution in [2.24, 2.45) is 0 Å². The quantitative estimate of drug-likeness (QED) is 0.759. The molecule has 28 heavy (non-hydrogen) atoms. The molecule has 4 heterocycles. The fourth-order valence-corrected chi connectivity index (χ4v) is 4.28. The lowest BCUT2D eigenvalue weighted by Gasteiger charge is -2.41. The molecule has 0 bridgehead atoms. The number of nitrogens with zero attached hydrogens (tertiary/aromatic N) is 5. The van der Waals surface area contributed by atoms with E-state index in [1.807, 2.05) is 30.3 Å². The average Bonchev–Trinajstić information content (AvgIpc) is 3.21. The van der Waals surface area contributed by atoms with Crippen LogP contribution in [0.1, 0.15) is 26.2 Å². The fourth-order valence-electron chi connectivity index (χ4n) is 4.28. The highest BCUT2D eigenvalue weighted by Gasteiger charge is 2.50. The number of fused-ring (bicyclic) bond motifs is 3. The number of hydrogen-bond donors (Lipinski definition) is 1. The molecule has 0 unspecified atom stereocenters. The Kier molecular flexibility index (Phi) is 3.82. The summed E-state index contributed by atoms with van der Waals surface area (Å²) in [6.45, 7) is 2.87. The molecule has 2 aliphatic rings. The van der Waals surface area contributed by atoms with Crippen LogP contribution in [0.3, 0.4) is 0 Å². The van der Waals surface area contributed by atoms with Crippen LogP contribution in [0.2, 0.25) is 0 Å². The largest absolute Gasteiger partial charge is 0.340 e. The Morgan fingerprint density at radius 1 is 1.11 bits per heavy atom. The van der Waals surface area contributed by atoms with Gasteiger partial charge in [-0.25, -0.2) is 15.0 Å². The zero-order valence-corrected chi connectivity index (χ0v) is 15.6. The number of amides is 1. The molecule has 0 saturated carbocycles. The van der Waals surface area contributed by atoms with Crippen molar-refractivity contribution in [3.63, 3.8) is 0 Å². The van der Waals surface area contributed by atoms with Gasteiger partial charge in [-0.1, -0.05) is 37.3 Å². The number of aromatic nitrogens is 4. The molecule has 1 fully saturated rings. The molecule has 7 heteroatoms. The number of hydrogen-bond acceptors (Lipinski definition) is 6. The van der Waals surface area contributed by atoms with Crippen LogP contribution in [0.25, 0.3) is 22.8 Å². The van der Waals surface area contributed by atoms with Crippen LogP contribution >= 0.6 is 0 Å². The van der Waals surface area contributed by atoms with Gasteiger partial charge in [0.05, 0.1) is 11.9 Å². The van der Waals surface area contributed by atoms with Crippen LogP contribution in [0.5, 0.6) is 0 Å². The van der Waals surface area contributed by atoms with Gasteiger partial charge in [-0.05, 0) is 19.3 Å². The second kappa shape index (κ2) is 6.37. The third-order valence-corrected chi connectivity index (χ3v) is 5.73. The minimum Gasteiger partial charge on any atom is -0.340 e. The van der Waals surface area contributed by atoms with E-state index < -0.39 is 5.54 Å². The highest BCUT2D eigenvalue weighted by atomic mass is 16.2. The van der Waals surface area contributed by atoms with Crippen LogP contribution in [0, 0.1) is 0 Å². The van der Waals surface area contributed by atoms with E-state index in [4.69, 9.17) is 4.98 Å². The second-order valence-corrected chi connectivity index (χ2v) is 7.14. The lowest BCUT2D eigenvalue weighted by atomic mass is 9.90. The molecule has 2 aliphatic heterocycles. The van der Waals surface area contributed by atoms with E-state index in [1.165, 1.54) is 0 Å². The molecule has 7 nitrogen and oxygen atoms in total. The van der Waals surface area contributed by atoms with Crippen LogP contribution in [-0.4, -0.2) is 37.9 Å². The molecule has 2 aromatic heterocycles. The Hall–Kier alpha value is -3.35. The SMILES string of the molecule is CC[C@@]12CCCN1c1nc(-c3nccnc3-c3ccccc3)ncc1NC2=O.